The summed E-state index contributed by atoms with van der Waals surface area (Å²) >= 11 is 1.78. The standard InChI is InChI=1S/C15H26N2O2S2/c1-3-10-16-13-14-6-8-15(9-7-14)21(18,19)17-11-4-5-12-20-2/h6-9,16-17H,3-5,10-13H2,1-2H3. The Labute approximate surface area is 133 Å². The van der Waals surface area contributed by atoms with E-state index in [4.69, 9.17) is 0 Å². The Balaban J connectivity index is 2.47. The van der Waals surface area contributed by atoms with Crippen LogP contribution in [0.25, 0.3) is 0 Å². The largest absolute Gasteiger partial charge is 0.313 e. The van der Waals surface area contributed by atoms with Crippen LogP contribution in [0.4, 0.5) is 0 Å². The molecule has 0 saturated heterocycles. The highest BCUT2D eigenvalue weighted by Gasteiger charge is 2.12. The van der Waals surface area contributed by atoms with Crippen molar-refractivity contribution in [2.24, 2.45) is 0 Å². The van der Waals surface area contributed by atoms with Gasteiger partial charge in [0.2, 0.25) is 10.0 Å². The highest BCUT2D eigenvalue weighted by atomic mass is 32.2. The van der Waals surface area contributed by atoms with Crippen molar-refractivity contribution >= 4 is 21.8 Å². The second kappa shape index (κ2) is 10.2. The maximum Gasteiger partial charge on any atom is 0.240 e. The lowest BCUT2D eigenvalue weighted by molar-refractivity contribution is 0.578. The first-order valence-electron chi connectivity index (χ1n) is 7.38. The van der Waals surface area contributed by atoms with Crippen molar-refractivity contribution in [3.05, 3.63) is 29.8 Å². The van der Waals surface area contributed by atoms with Gasteiger partial charge in [0.15, 0.2) is 0 Å². The zero-order valence-electron chi connectivity index (χ0n) is 12.9. The molecule has 0 aromatic heterocycles. The minimum atomic E-state index is -3.37. The first-order valence-corrected chi connectivity index (χ1v) is 10.3. The fourth-order valence-corrected chi connectivity index (χ4v) is 3.42. The van der Waals surface area contributed by atoms with Gasteiger partial charge in [-0.25, -0.2) is 13.1 Å². The van der Waals surface area contributed by atoms with Crippen LogP contribution in [0.1, 0.15) is 31.7 Å². The van der Waals surface area contributed by atoms with Gasteiger partial charge in [-0.05, 0) is 55.5 Å². The number of unbranched alkanes of at least 4 members (excludes halogenated alkanes) is 1. The van der Waals surface area contributed by atoms with E-state index >= 15 is 0 Å². The summed E-state index contributed by atoms with van der Waals surface area (Å²) in [6.07, 6.45) is 5.05. The summed E-state index contributed by atoms with van der Waals surface area (Å²) in [5.74, 6) is 1.07. The monoisotopic (exact) mass is 330 g/mol. The Bertz CT molecular complexity index is 487. The van der Waals surface area contributed by atoms with E-state index in [1.165, 1.54) is 0 Å². The van der Waals surface area contributed by atoms with E-state index in [2.05, 4.69) is 23.2 Å². The van der Waals surface area contributed by atoms with E-state index in [-0.39, 0.29) is 0 Å². The predicted molar refractivity (Wildman–Crippen MR) is 91.2 cm³/mol. The summed E-state index contributed by atoms with van der Waals surface area (Å²) in [5, 5.41) is 3.30. The third-order valence-electron chi connectivity index (χ3n) is 3.06. The number of nitrogens with one attached hydrogen (secondary N) is 2. The van der Waals surface area contributed by atoms with Gasteiger partial charge in [-0.2, -0.15) is 11.8 Å². The van der Waals surface area contributed by atoms with Gasteiger partial charge in [0.25, 0.3) is 0 Å². The fourth-order valence-electron chi connectivity index (χ4n) is 1.86. The minimum Gasteiger partial charge on any atom is -0.313 e. The zero-order valence-corrected chi connectivity index (χ0v) is 14.5. The van der Waals surface area contributed by atoms with Gasteiger partial charge in [0.05, 0.1) is 4.90 Å². The van der Waals surface area contributed by atoms with Crippen LogP contribution in [0.15, 0.2) is 29.2 Å². The number of rotatable bonds is 11. The first kappa shape index (κ1) is 18.5. The van der Waals surface area contributed by atoms with E-state index in [0.29, 0.717) is 11.4 Å². The number of hydrogen-bond acceptors (Lipinski definition) is 4. The molecule has 0 saturated carbocycles. The number of sulfonamides is 1. The van der Waals surface area contributed by atoms with Crippen molar-refractivity contribution in [2.75, 3.05) is 25.1 Å². The molecule has 0 unspecified atom stereocenters. The number of hydrogen-bond donors (Lipinski definition) is 2. The molecule has 0 aliphatic heterocycles. The molecule has 21 heavy (non-hydrogen) atoms. The lowest BCUT2D eigenvalue weighted by atomic mass is 10.2. The maximum absolute atomic E-state index is 12.1. The van der Waals surface area contributed by atoms with Crippen molar-refractivity contribution < 1.29 is 8.42 Å². The molecule has 0 atom stereocenters. The maximum atomic E-state index is 12.1. The fraction of sp³-hybridized carbons (Fsp3) is 0.600. The van der Waals surface area contributed by atoms with Crippen LogP contribution in [0.5, 0.6) is 0 Å². The summed E-state index contributed by atoms with van der Waals surface area (Å²) in [5.41, 5.74) is 1.10. The molecule has 0 radical (unpaired) electrons. The third-order valence-corrected chi connectivity index (χ3v) is 5.23. The van der Waals surface area contributed by atoms with Crippen molar-refractivity contribution in [1.29, 1.82) is 0 Å². The van der Waals surface area contributed by atoms with Crippen LogP contribution in [-0.2, 0) is 16.6 Å². The second-order valence-corrected chi connectivity index (χ2v) is 7.67. The van der Waals surface area contributed by atoms with Crippen LogP contribution >= 0.6 is 11.8 Å². The molecule has 6 heteroatoms. The number of thioether (sulfide) groups is 1. The average Bonchev–Trinajstić information content (AvgIpc) is 2.48. The first-order chi connectivity index (χ1) is 10.1. The summed E-state index contributed by atoms with van der Waals surface area (Å²) in [4.78, 5) is 0.339. The Morgan fingerprint density at radius 3 is 2.43 bits per heavy atom. The highest BCUT2D eigenvalue weighted by Crippen LogP contribution is 2.10. The van der Waals surface area contributed by atoms with Crippen molar-refractivity contribution in [1.82, 2.24) is 10.0 Å². The molecule has 0 amide bonds. The number of benzene rings is 1. The van der Waals surface area contributed by atoms with Gasteiger partial charge in [-0.1, -0.05) is 19.1 Å². The molecule has 0 spiro atoms. The summed E-state index contributed by atoms with van der Waals surface area (Å²) in [6.45, 7) is 4.37. The third kappa shape index (κ3) is 7.31. The van der Waals surface area contributed by atoms with Crippen LogP contribution in [-0.4, -0.2) is 33.5 Å². The Morgan fingerprint density at radius 1 is 1.10 bits per heavy atom. The van der Waals surface area contributed by atoms with Gasteiger partial charge < -0.3 is 5.32 Å². The van der Waals surface area contributed by atoms with E-state index < -0.39 is 10.0 Å². The van der Waals surface area contributed by atoms with Crippen LogP contribution in [0, 0.1) is 0 Å². The Morgan fingerprint density at radius 2 is 1.81 bits per heavy atom. The molecular formula is C15H26N2O2S2. The lowest BCUT2D eigenvalue weighted by Crippen LogP contribution is -2.25. The SMILES string of the molecule is CCCNCc1ccc(S(=O)(=O)NCCCCSC)cc1. The van der Waals surface area contributed by atoms with Gasteiger partial charge in [-0.15, -0.1) is 0 Å². The average molecular weight is 331 g/mol. The Kier molecular flexibility index (Phi) is 8.99. The summed E-state index contributed by atoms with van der Waals surface area (Å²) < 4.78 is 26.9. The quantitative estimate of drug-likeness (QED) is 0.612. The van der Waals surface area contributed by atoms with Gasteiger partial charge >= 0.3 is 0 Å². The van der Waals surface area contributed by atoms with Crippen LogP contribution < -0.4 is 10.0 Å². The van der Waals surface area contributed by atoms with E-state index in [1.54, 1.807) is 23.9 Å². The smallest absolute Gasteiger partial charge is 0.240 e. The molecule has 4 nitrogen and oxygen atoms in total. The molecule has 1 aromatic rings. The summed E-state index contributed by atoms with van der Waals surface area (Å²) in [7, 11) is -3.37. The topological polar surface area (TPSA) is 58.2 Å². The van der Waals surface area contributed by atoms with Gasteiger partial charge in [0.1, 0.15) is 0 Å². The molecule has 0 heterocycles. The van der Waals surface area contributed by atoms with Gasteiger partial charge in [0, 0.05) is 13.1 Å². The second-order valence-electron chi connectivity index (χ2n) is 4.92. The molecule has 0 aliphatic rings. The molecule has 1 aromatic carbocycles. The molecule has 120 valence electrons. The molecule has 0 bridgehead atoms. The molecule has 2 N–H and O–H groups in total. The summed E-state index contributed by atoms with van der Waals surface area (Å²) in [6, 6.07) is 7.08. The minimum absolute atomic E-state index is 0.339. The molecule has 0 fully saturated rings. The van der Waals surface area contributed by atoms with E-state index in [1.807, 2.05) is 12.1 Å². The highest BCUT2D eigenvalue weighted by molar-refractivity contribution is 7.98. The van der Waals surface area contributed by atoms with Crippen LogP contribution in [0.3, 0.4) is 0 Å². The van der Waals surface area contributed by atoms with E-state index in [9.17, 15) is 8.42 Å². The van der Waals surface area contributed by atoms with Crippen molar-refractivity contribution in [3.63, 3.8) is 0 Å². The predicted octanol–water partition coefficient (Wildman–Crippen LogP) is 2.61. The van der Waals surface area contributed by atoms with Crippen molar-refractivity contribution in [2.45, 2.75) is 37.6 Å². The van der Waals surface area contributed by atoms with Crippen LogP contribution in [0.2, 0.25) is 0 Å². The zero-order chi connectivity index (χ0) is 15.6. The Hall–Kier alpha value is -0.560. The van der Waals surface area contributed by atoms with Crippen molar-refractivity contribution in [3.8, 4) is 0 Å². The molecule has 0 aliphatic carbocycles. The molecule has 1 rings (SSSR count). The molecular weight excluding hydrogens is 304 g/mol. The normalized spacial score (nSPS) is 11.7. The lowest BCUT2D eigenvalue weighted by Gasteiger charge is -2.08. The van der Waals surface area contributed by atoms with Gasteiger partial charge in [-0.3, -0.25) is 0 Å². The van der Waals surface area contributed by atoms with E-state index in [0.717, 1.165) is 43.7 Å².